The predicted octanol–water partition coefficient (Wildman–Crippen LogP) is 1.15. The lowest BCUT2D eigenvalue weighted by molar-refractivity contribution is -0.238. The van der Waals surface area contributed by atoms with Crippen LogP contribution in [0.15, 0.2) is 28.6 Å². The Balaban J connectivity index is 2.13. The predicted molar refractivity (Wildman–Crippen MR) is 119 cm³/mol. The molecule has 1 aliphatic heterocycles. The molecule has 0 radical (unpaired) electrons. The highest BCUT2D eigenvalue weighted by Gasteiger charge is 2.57. The molecule has 35 heavy (non-hydrogen) atoms. The maximum atomic E-state index is 13.7. The van der Waals surface area contributed by atoms with Gasteiger partial charge in [-0.3, -0.25) is 19.2 Å². The van der Waals surface area contributed by atoms with Crippen molar-refractivity contribution in [2.45, 2.75) is 61.9 Å². The van der Waals surface area contributed by atoms with E-state index in [1.807, 2.05) is 0 Å². The summed E-state index contributed by atoms with van der Waals surface area (Å²) in [6.07, 6.45) is -6.16. The summed E-state index contributed by atoms with van der Waals surface area (Å²) >= 11 is 0.867. The van der Waals surface area contributed by atoms with Crippen LogP contribution in [0.5, 0.6) is 0 Å². The Morgan fingerprint density at radius 3 is 2.03 bits per heavy atom. The number of sulfone groups is 1. The fourth-order valence-corrected chi connectivity index (χ4v) is 6.50. The summed E-state index contributed by atoms with van der Waals surface area (Å²) < 4.78 is 54.1. The summed E-state index contributed by atoms with van der Waals surface area (Å²) in [5, 5.41) is 0. The van der Waals surface area contributed by atoms with Crippen LogP contribution in [-0.4, -0.2) is 73.7 Å². The normalized spacial score (nSPS) is 24.4. The lowest BCUT2D eigenvalue weighted by Crippen LogP contribution is -2.64. The molecule has 1 saturated heterocycles. The molecule has 1 aliphatic rings. The monoisotopic (exact) mass is 529 g/mol. The Kier molecular flexibility index (Phi) is 8.07. The minimum absolute atomic E-state index is 0.334. The Morgan fingerprint density at radius 1 is 0.886 bits per heavy atom. The van der Waals surface area contributed by atoms with Gasteiger partial charge in [-0.25, -0.2) is 13.4 Å². The average Bonchev–Trinajstić information content (AvgIpc) is 3.19. The largest absolute Gasteiger partial charge is 0.463 e. The first kappa shape index (κ1) is 26.5. The number of carbonyl (C=O) groups is 4. The van der Waals surface area contributed by atoms with Gasteiger partial charge in [0.15, 0.2) is 18.3 Å². The average molecular weight is 530 g/mol. The molecule has 0 aliphatic carbocycles. The minimum Gasteiger partial charge on any atom is -0.463 e. The molecule has 0 N–H and O–H groups in total. The van der Waals surface area contributed by atoms with Gasteiger partial charge in [0.25, 0.3) is 0 Å². The molecule has 5 atom stereocenters. The van der Waals surface area contributed by atoms with Gasteiger partial charge in [0.2, 0.25) is 19.6 Å². The zero-order valence-electron chi connectivity index (χ0n) is 19.2. The SMILES string of the molecule is CC(=O)OC[C@H]1OC(S(=O)(=O)c2nc3ccccc3s2)[C@H](OC(C)=O)[C@@H](OC(C)=O)[C@@H]1OC(C)=O. The molecule has 0 bridgehead atoms. The van der Waals surface area contributed by atoms with Crippen molar-refractivity contribution in [2.75, 3.05) is 6.61 Å². The number of rotatable bonds is 7. The second-order valence-electron chi connectivity index (χ2n) is 7.56. The molecule has 1 aromatic carbocycles. The van der Waals surface area contributed by atoms with E-state index in [-0.39, 0.29) is 4.34 Å². The van der Waals surface area contributed by atoms with Gasteiger partial charge < -0.3 is 23.7 Å². The highest BCUT2D eigenvalue weighted by molar-refractivity contribution is 7.94. The molecule has 0 saturated carbocycles. The number of fused-ring (bicyclic) bond motifs is 1. The zero-order valence-corrected chi connectivity index (χ0v) is 20.8. The van der Waals surface area contributed by atoms with Crippen molar-refractivity contribution in [1.82, 2.24) is 4.98 Å². The molecule has 0 spiro atoms. The Hall–Kier alpha value is -3.10. The van der Waals surface area contributed by atoms with E-state index in [1.165, 1.54) is 0 Å². The standard InChI is InChI=1S/C21H23NO11S2/c1-10(23)29-9-15-17(30-11(2)24)18(31-12(3)25)19(32-13(4)26)20(33-15)35(27,28)21-22-14-7-5-6-8-16(14)34-21/h5-8,15,17-20H,9H2,1-4H3/t15-,17-,18+,19-,20?/m1/s1. The van der Waals surface area contributed by atoms with Crippen molar-refractivity contribution >= 4 is 55.3 Å². The molecule has 2 heterocycles. The lowest BCUT2D eigenvalue weighted by Gasteiger charge is -2.43. The first-order valence-electron chi connectivity index (χ1n) is 10.3. The van der Waals surface area contributed by atoms with Crippen molar-refractivity contribution < 1.29 is 51.3 Å². The van der Waals surface area contributed by atoms with E-state index in [1.54, 1.807) is 24.3 Å². The van der Waals surface area contributed by atoms with Gasteiger partial charge in [0.05, 0.1) is 10.2 Å². The van der Waals surface area contributed by atoms with E-state index in [0.717, 1.165) is 39.0 Å². The minimum atomic E-state index is -4.48. The first-order chi connectivity index (χ1) is 16.4. The van der Waals surface area contributed by atoms with Gasteiger partial charge in [-0.15, -0.1) is 11.3 Å². The number of hydrogen-bond acceptors (Lipinski definition) is 13. The maximum Gasteiger partial charge on any atom is 0.303 e. The van der Waals surface area contributed by atoms with Crippen molar-refractivity contribution in [3.63, 3.8) is 0 Å². The maximum absolute atomic E-state index is 13.7. The van der Waals surface area contributed by atoms with Crippen LogP contribution >= 0.6 is 11.3 Å². The topological polar surface area (TPSA) is 161 Å². The number of nitrogens with zero attached hydrogens (tertiary/aromatic N) is 1. The third kappa shape index (κ3) is 6.13. The van der Waals surface area contributed by atoms with Gasteiger partial charge in [-0.2, -0.15) is 0 Å². The van der Waals surface area contributed by atoms with Crippen molar-refractivity contribution in [2.24, 2.45) is 0 Å². The molecule has 2 aromatic rings. The van der Waals surface area contributed by atoms with Crippen molar-refractivity contribution in [1.29, 1.82) is 0 Å². The van der Waals surface area contributed by atoms with Crippen LogP contribution in [0.2, 0.25) is 0 Å². The fourth-order valence-electron chi connectivity index (χ4n) is 3.51. The van der Waals surface area contributed by atoms with E-state index in [0.29, 0.717) is 10.2 Å². The van der Waals surface area contributed by atoms with Crippen LogP contribution in [0.25, 0.3) is 10.2 Å². The number of hydrogen-bond donors (Lipinski definition) is 0. The van der Waals surface area contributed by atoms with E-state index < -0.39 is 70.2 Å². The van der Waals surface area contributed by atoms with Crippen LogP contribution in [0.1, 0.15) is 27.7 Å². The quantitative estimate of drug-likeness (QED) is 0.372. The summed E-state index contributed by atoms with van der Waals surface area (Å²) in [7, 11) is -4.48. The number of thiazole rings is 1. The summed E-state index contributed by atoms with van der Waals surface area (Å²) in [5.41, 5.74) is -1.51. The molecule has 1 unspecified atom stereocenters. The van der Waals surface area contributed by atoms with Crippen molar-refractivity contribution in [3.8, 4) is 0 Å². The number of benzene rings is 1. The highest BCUT2D eigenvalue weighted by Crippen LogP contribution is 2.36. The van der Waals surface area contributed by atoms with Crippen molar-refractivity contribution in [3.05, 3.63) is 24.3 Å². The smallest absolute Gasteiger partial charge is 0.303 e. The van der Waals surface area contributed by atoms with Gasteiger partial charge in [-0.1, -0.05) is 12.1 Å². The molecule has 1 aromatic heterocycles. The molecule has 0 amide bonds. The Labute approximate surface area is 204 Å². The second kappa shape index (κ2) is 10.7. The van der Waals surface area contributed by atoms with E-state index in [2.05, 4.69) is 4.98 Å². The highest BCUT2D eigenvalue weighted by atomic mass is 32.2. The van der Waals surface area contributed by atoms with Crippen LogP contribution in [-0.2, 0) is 52.7 Å². The number of para-hydroxylation sites is 1. The summed E-state index contributed by atoms with van der Waals surface area (Å²) in [6, 6.07) is 6.70. The molecule has 3 rings (SSSR count). The molecule has 1 fully saturated rings. The van der Waals surface area contributed by atoms with Gasteiger partial charge in [-0.05, 0) is 12.1 Å². The lowest BCUT2D eigenvalue weighted by atomic mass is 9.99. The number of carbonyl (C=O) groups excluding carboxylic acids is 4. The third-order valence-electron chi connectivity index (χ3n) is 4.77. The number of esters is 4. The van der Waals surface area contributed by atoms with Crippen LogP contribution in [0, 0.1) is 0 Å². The fraction of sp³-hybridized carbons (Fsp3) is 0.476. The van der Waals surface area contributed by atoms with Crippen LogP contribution in [0.4, 0.5) is 0 Å². The number of aromatic nitrogens is 1. The van der Waals surface area contributed by atoms with Gasteiger partial charge >= 0.3 is 23.9 Å². The Morgan fingerprint density at radius 2 is 1.46 bits per heavy atom. The van der Waals surface area contributed by atoms with Gasteiger partial charge in [0.1, 0.15) is 12.7 Å². The second-order valence-corrected chi connectivity index (χ2v) is 10.8. The summed E-state index contributed by atoms with van der Waals surface area (Å²) in [6.45, 7) is 3.72. The Bertz CT molecular complexity index is 1210. The summed E-state index contributed by atoms with van der Waals surface area (Å²) in [5.74, 6) is -3.31. The molecule has 190 valence electrons. The number of ether oxygens (including phenoxy) is 5. The molecule has 12 nitrogen and oxygen atoms in total. The van der Waals surface area contributed by atoms with Gasteiger partial charge in [0, 0.05) is 27.7 Å². The molecular formula is C21H23NO11S2. The third-order valence-corrected chi connectivity index (χ3v) is 8.12. The van der Waals surface area contributed by atoms with E-state index in [4.69, 9.17) is 23.7 Å². The first-order valence-corrected chi connectivity index (χ1v) is 12.7. The van der Waals surface area contributed by atoms with E-state index >= 15 is 0 Å². The molecular weight excluding hydrogens is 506 g/mol. The summed E-state index contributed by atoms with van der Waals surface area (Å²) in [4.78, 5) is 51.2. The van der Waals surface area contributed by atoms with Crippen LogP contribution < -0.4 is 0 Å². The zero-order chi connectivity index (χ0) is 25.9. The van der Waals surface area contributed by atoms with E-state index in [9.17, 15) is 27.6 Å². The molecule has 14 heteroatoms. The van der Waals surface area contributed by atoms with Crippen LogP contribution in [0.3, 0.4) is 0 Å².